The molecule has 12 nitrogen and oxygen atoms in total. The smallest absolute Gasteiger partial charge is 0.326 e. The topological polar surface area (TPSA) is 195 Å². The molecular weight excluding hydrogens is 709 g/mol. The molecule has 2 aliphatic rings. The number of amides is 1. The summed E-state index contributed by atoms with van der Waals surface area (Å²) in [5, 5.41) is 30.8. The predicted octanol–water partition coefficient (Wildman–Crippen LogP) is 4.72. The van der Waals surface area contributed by atoms with Crippen molar-refractivity contribution in [3.05, 3.63) is 59.2 Å². The molecule has 2 aromatic rings. The van der Waals surface area contributed by atoms with Gasteiger partial charge in [0.05, 0.1) is 24.0 Å². The van der Waals surface area contributed by atoms with Crippen LogP contribution in [0.4, 0.5) is 0 Å². The van der Waals surface area contributed by atoms with E-state index in [1.807, 2.05) is 43.3 Å². The number of hydrogen-bond donors (Lipinski definition) is 4. The van der Waals surface area contributed by atoms with E-state index >= 15 is 0 Å². The molecule has 0 bridgehead atoms. The second-order valence-corrected chi connectivity index (χ2v) is 19.1. The number of rotatable bonds is 16. The Morgan fingerprint density at radius 2 is 1.44 bits per heavy atom. The van der Waals surface area contributed by atoms with Crippen LogP contribution < -0.4 is 5.32 Å². The van der Waals surface area contributed by atoms with Crippen molar-refractivity contribution in [3.63, 3.8) is 0 Å². The van der Waals surface area contributed by atoms with E-state index in [4.69, 9.17) is 5.11 Å². The third-order valence-corrected chi connectivity index (χ3v) is 12.1. The Kier molecular flexibility index (Phi) is 16.3. The fourth-order valence-corrected chi connectivity index (χ4v) is 8.51. The van der Waals surface area contributed by atoms with E-state index in [-0.39, 0.29) is 37.0 Å². The Bertz CT molecular complexity index is 1740. The first-order valence-corrected chi connectivity index (χ1v) is 22.2. The number of aryl methyl sites for hydroxylation is 1. The highest BCUT2D eigenvalue weighted by Crippen LogP contribution is 2.36. The van der Waals surface area contributed by atoms with Crippen LogP contribution in [0.5, 0.6) is 0 Å². The van der Waals surface area contributed by atoms with Crippen LogP contribution in [0, 0.1) is 18.8 Å². The van der Waals surface area contributed by atoms with E-state index in [9.17, 15) is 41.4 Å². The lowest BCUT2D eigenvalue weighted by atomic mass is 9.84. The standard InChI is InChI=1S/C32H44N2O6S.C6H12O4S/c1-22-8-6-7-11-27(22)29-19-24(12-15-28(29)31(36)33-30(32(37)38)16-17-41(2,39)40)20-34-25(13-14-26(34)21-35)18-23-9-4-3-5-10-23;1-5(6(7)8)3-4-11(2,9)10/h6-8,11-12,15,19,23,25-26,30,35H,3-5,9-10,13-14,16-18,20-21H2,1-2H3,(H,33,36)(H,37,38);5H,3-4H2,1-2H3,(H,7,8)/t25-,26+,30?;/m0./s1. The van der Waals surface area contributed by atoms with Gasteiger partial charge in [-0.2, -0.15) is 0 Å². The largest absolute Gasteiger partial charge is 0.481 e. The number of nitrogens with one attached hydrogen (secondary N) is 1. The SMILES string of the molecule is CC(CCS(C)(=O)=O)C(=O)O.Cc1ccccc1-c1cc(CN2[C@@H](CO)CC[C@H]2CC2CCCCC2)ccc1C(=O)NC(CCS(C)(=O)=O)C(=O)O. The lowest BCUT2D eigenvalue weighted by Crippen LogP contribution is -2.42. The molecule has 2 fully saturated rings. The van der Waals surface area contributed by atoms with Gasteiger partial charge >= 0.3 is 11.9 Å². The van der Waals surface area contributed by atoms with Gasteiger partial charge in [-0.25, -0.2) is 21.6 Å². The number of sulfone groups is 2. The molecule has 1 saturated carbocycles. The highest BCUT2D eigenvalue weighted by atomic mass is 32.2. The molecule has 0 spiro atoms. The van der Waals surface area contributed by atoms with Gasteiger partial charge in [0.2, 0.25) is 0 Å². The summed E-state index contributed by atoms with van der Waals surface area (Å²) in [6, 6.07) is 12.6. The van der Waals surface area contributed by atoms with E-state index in [0.717, 1.165) is 54.4 Å². The minimum absolute atomic E-state index is 0.0551. The second kappa shape index (κ2) is 19.7. The van der Waals surface area contributed by atoms with Crippen molar-refractivity contribution in [2.45, 2.75) is 103 Å². The number of carbonyl (C=O) groups is 3. The average Bonchev–Trinajstić information content (AvgIpc) is 3.45. The van der Waals surface area contributed by atoms with Gasteiger partial charge in [-0.05, 0) is 79.3 Å². The van der Waals surface area contributed by atoms with Crippen LogP contribution in [-0.4, -0.2) is 104 Å². The van der Waals surface area contributed by atoms with Crippen molar-refractivity contribution in [2.75, 3.05) is 30.6 Å². The molecule has 290 valence electrons. The first-order chi connectivity index (χ1) is 24.4. The van der Waals surface area contributed by atoms with E-state index in [2.05, 4.69) is 10.2 Å². The van der Waals surface area contributed by atoms with Crippen LogP contribution in [0.25, 0.3) is 11.1 Å². The quantitative estimate of drug-likeness (QED) is 0.185. The van der Waals surface area contributed by atoms with Gasteiger partial charge in [-0.15, -0.1) is 0 Å². The molecule has 1 saturated heterocycles. The number of hydrogen-bond acceptors (Lipinski definition) is 9. The minimum atomic E-state index is -3.39. The molecule has 4 N–H and O–H groups in total. The van der Waals surface area contributed by atoms with E-state index in [0.29, 0.717) is 23.7 Å². The molecule has 4 rings (SSSR count). The third-order valence-electron chi connectivity index (χ3n) is 10.2. The zero-order chi connectivity index (χ0) is 38.6. The lowest BCUT2D eigenvalue weighted by molar-refractivity contribution is -0.141. The summed E-state index contributed by atoms with van der Waals surface area (Å²) in [4.78, 5) is 37.9. The van der Waals surface area contributed by atoms with Crippen molar-refractivity contribution in [1.29, 1.82) is 0 Å². The average molecular weight is 765 g/mol. The summed E-state index contributed by atoms with van der Waals surface area (Å²) in [5.74, 6) is -3.01. The molecule has 0 radical (unpaired) electrons. The monoisotopic (exact) mass is 764 g/mol. The summed E-state index contributed by atoms with van der Waals surface area (Å²) in [6.07, 6.45) is 11.9. The summed E-state index contributed by atoms with van der Waals surface area (Å²) in [6.45, 7) is 4.25. The highest BCUT2D eigenvalue weighted by Gasteiger charge is 2.35. The van der Waals surface area contributed by atoms with Crippen molar-refractivity contribution in [1.82, 2.24) is 10.2 Å². The first kappa shape index (κ1) is 43.1. The summed E-state index contributed by atoms with van der Waals surface area (Å²) < 4.78 is 44.4. The van der Waals surface area contributed by atoms with Gasteiger partial charge < -0.3 is 20.6 Å². The molecule has 1 amide bonds. The van der Waals surface area contributed by atoms with Gasteiger partial charge in [0.25, 0.3) is 5.91 Å². The maximum atomic E-state index is 13.4. The zero-order valence-electron chi connectivity index (χ0n) is 30.8. The van der Waals surface area contributed by atoms with Crippen LogP contribution in [0.1, 0.15) is 92.6 Å². The number of benzene rings is 2. The molecule has 2 aromatic carbocycles. The van der Waals surface area contributed by atoms with Gasteiger partial charge in [0, 0.05) is 36.7 Å². The van der Waals surface area contributed by atoms with Crippen LogP contribution in [0.2, 0.25) is 0 Å². The van der Waals surface area contributed by atoms with Gasteiger partial charge in [0.15, 0.2) is 0 Å². The molecule has 0 aromatic heterocycles. The molecular formula is C38H56N2O10S2. The maximum absolute atomic E-state index is 13.4. The third kappa shape index (κ3) is 13.9. The summed E-state index contributed by atoms with van der Waals surface area (Å²) in [7, 11) is -6.40. The minimum Gasteiger partial charge on any atom is -0.481 e. The number of aliphatic hydroxyl groups excluding tert-OH is 1. The molecule has 1 aliphatic heterocycles. The van der Waals surface area contributed by atoms with Crippen LogP contribution in [0.3, 0.4) is 0 Å². The molecule has 14 heteroatoms. The van der Waals surface area contributed by atoms with Crippen LogP contribution in [-0.2, 0) is 35.8 Å². The molecule has 2 unspecified atom stereocenters. The Morgan fingerprint density at radius 1 is 0.827 bits per heavy atom. The van der Waals surface area contributed by atoms with Crippen molar-refractivity contribution in [3.8, 4) is 11.1 Å². The molecule has 1 heterocycles. The van der Waals surface area contributed by atoms with Crippen LogP contribution in [0.15, 0.2) is 42.5 Å². The number of aliphatic carboxylic acids is 2. The Hall–Kier alpha value is -3.33. The summed E-state index contributed by atoms with van der Waals surface area (Å²) in [5.41, 5.74) is 3.93. The number of carboxylic acid groups (broad SMARTS) is 2. The predicted molar refractivity (Wildman–Crippen MR) is 202 cm³/mol. The number of aliphatic hydroxyl groups is 1. The second-order valence-electron chi connectivity index (χ2n) is 14.6. The van der Waals surface area contributed by atoms with Crippen molar-refractivity contribution < 1.29 is 46.5 Å². The Morgan fingerprint density at radius 3 is 2.02 bits per heavy atom. The fraction of sp³-hybridized carbons (Fsp3) is 0.605. The number of carbonyl (C=O) groups excluding carboxylic acids is 1. The van der Waals surface area contributed by atoms with Gasteiger partial charge in [0.1, 0.15) is 25.7 Å². The van der Waals surface area contributed by atoms with E-state index in [1.165, 1.54) is 39.0 Å². The maximum Gasteiger partial charge on any atom is 0.326 e. The highest BCUT2D eigenvalue weighted by molar-refractivity contribution is 7.90. The normalized spacial score (nSPS) is 19.6. The van der Waals surface area contributed by atoms with Crippen molar-refractivity contribution in [2.24, 2.45) is 11.8 Å². The zero-order valence-corrected chi connectivity index (χ0v) is 32.4. The van der Waals surface area contributed by atoms with E-state index in [1.54, 1.807) is 6.07 Å². The van der Waals surface area contributed by atoms with Crippen molar-refractivity contribution >= 4 is 37.5 Å². The number of carboxylic acids is 2. The molecule has 1 aliphatic carbocycles. The summed E-state index contributed by atoms with van der Waals surface area (Å²) >= 11 is 0. The van der Waals surface area contributed by atoms with E-state index < -0.39 is 49.5 Å². The first-order valence-electron chi connectivity index (χ1n) is 18.1. The molecule has 52 heavy (non-hydrogen) atoms. The number of nitrogens with zero attached hydrogens (tertiary/aromatic N) is 1. The van der Waals surface area contributed by atoms with Gasteiger partial charge in [-0.3, -0.25) is 14.5 Å². The fourth-order valence-electron chi connectivity index (χ4n) is 7.07. The van der Waals surface area contributed by atoms with Crippen LogP contribution >= 0.6 is 0 Å². The number of likely N-dealkylation sites (tertiary alicyclic amines) is 1. The lowest BCUT2D eigenvalue weighted by Gasteiger charge is -2.33. The Labute approximate surface area is 308 Å². The van der Waals surface area contributed by atoms with Gasteiger partial charge in [-0.1, -0.05) is 69.4 Å². The Balaban J connectivity index is 0.000000573. The molecule has 4 atom stereocenters.